The van der Waals surface area contributed by atoms with Gasteiger partial charge < -0.3 is 13.6 Å². The third kappa shape index (κ3) is 4.44. The summed E-state index contributed by atoms with van der Waals surface area (Å²) < 4.78 is 82.8. The summed E-state index contributed by atoms with van der Waals surface area (Å²) in [5.41, 5.74) is 8.23. The van der Waals surface area contributed by atoms with Crippen LogP contribution in [0.15, 0.2) is 174 Å². The summed E-state index contributed by atoms with van der Waals surface area (Å²) in [5, 5.41) is 4.67. The Morgan fingerprint density at radius 2 is 1.19 bits per heavy atom. The van der Waals surface area contributed by atoms with E-state index in [4.69, 9.17) is 11.3 Å². The Morgan fingerprint density at radius 3 is 2.00 bits per heavy atom. The fourth-order valence-electron chi connectivity index (χ4n) is 8.07. The van der Waals surface area contributed by atoms with Crippen molar-refractivity contribution in [1.29, 1.82) is 0 Å². The number of hydrogen-bond donors (Lipinski definition) is 0. The van der Waals surface area contributed by atoms with Gasteiger partial charge in [-0.05, 0) is 95.1 Å². The Kier molecular flexibility index (Phi) is 5.32. The number of benzene rings is 8. The minimum atomic E-state index is -0.636. The molecular weight excluding hydrogens is 659 g/mol. The number of halogens is 2. The lowest BCUT2D eigenvalue weighted by Gasteiger charge is -2.10. The molecule has 0 amide bonds. The summed E-state index contributed by atoms with van der Waals surface area (Å²) in [6, 6.07) is 41.7. The second-order valence-corrected chi connectivity index (χ2v) is 13.2. The van der Waals surface area contributed by atoms with E-state index in [9.17, 15) is 4.39 Å². The molecule has 0 aliphatic carbocycles. The van der Waals surface area contributed by atoms with Crippen LogP contribution in [0.4, 0.5) is 8.78 Å². The molecule has 11 aromatic rings. The maximum Gasteiger partial charge on any atom is 0.150 e. The number of hydrogen-bond acceptors (Lipinski definition) is 1. The highest BCUT2D eigenvalue weighted by molar-refractivity contribution is 6.15. The van der Waals surface area contributed by atoms with Gasteiger partial charge in [0.25, 0.3) is 0 Å². The molecule has 0 saturated carbocycles. The second kappa shape index (κ2) is 11.3. The van der Waals surface area contributed by atoms with E-state index in [0.29, 0.717) is 33.0 Å². The molecule has 0 saturated heterocycles. The number of para-hydroxylation sites is 2. The van der Waals surface area contributed by atoms with E-state index in [1.54, 1.807) is 12.1 Å². The number of nitrogens with zero attached hydrogens (tertiary/aromatic N) is 2. The van der Waals surface area contributed by atoms with Crippen LogP contribution in [0.1, 0.15) is 6.85 Å². The number of furan rings is 1. The highest BCUT2D eigenvalue weighted by Crippen LogP contribution is 2.41. The fourth-order valence-corrected chi connectivity index (χ4v) is 8.07. The largest absolute Gasteiger partial charge is 0.456 e. The summed E-state index contributed by atoms with van der Waals surface area (Å²) in [6.07, 6.45) is 0. The Morgan fingerprint density at radius 1 is 0.472 bits per heavy atom. The summed E-state index contributed by atoms with van der Waals surface area (Å²) in [5.74, 6) is -1.26. The summed E-state index contributed by atoms with van der Waals surface area (Å²) in [6.45, 7) is 0. The molecule has 0 aliphatic heterocycles. The van der Waals surface area contributed by atoms with Crippen LogP contribution in [0.2, 0.25) is 0 Å². The molecule has 53 heavy (non-hydrogen) atoms. The van der Waals surface area contributed by atoms with Gasteiger partial charge in [-0.2, -0.15) is 0 Å². The molecule has 0 N–H and O–H groups in total. The van der Waals surface area contributed by atoms with Crippen LogP contribution >= 0.6 is 0 Å². The zero-order chi connectivity index (χ0) is 39.6. The summed E-state index contributed by atoms with van der Waals surface area (Å²) in [7, 11) is 0. The summed E-state index contributed by atoms with van der Waals surface area (Å²) >= 11 is 0. The minimum absolute atomic E-state index is 0.118. The van der Waals surface area contributed by atoms with Crippen LogP contribution in [-0.4, -0.2) is 9.13 Å². The molecule has 0 unspecified atom stereocenters. The summed E-state index contributed by atoms with van der Waals surface area (Å²) in [4.78, 5) is 0. The van der Waals surface area contributed by atoms with E-state index in [0.717, 1.165) is 66.7 Å². The zero-order valence-electron chi connectivity index (χ0n) is 32.8. The number of aromatic nitrogens is 2. The molecule has 8 aromatic carbocycles. The standard InChI is InChI=1S/C48H28F2N2O/c49-32-26-39-38-25-31(19-22-44(38)52(48(39)41(50)27-32)33-12-5-2-6-13-33)30-18-21-43-37(24-30)36-14-7-8-16-42(36)51(43)34-20-23-45-40(28-34)47-35(15-9-17-46(47)53-45)29-10-3-1-4-11-29/h1-28H/i1D,3D,4D,10D,11D. The molecule has 5 heteroatoms. The Hall–Kier alpha value is -6.98. The monoisotopic (exact) mass is 691 g/mol. The lowest BCUT2D eigenvalue weighted by molar-refractivity contribution is 0.590. The number of rotatable bonds is 4. The van der Waals surface area contributed by atoms with Gasteiger partial charge in [-0.3, -0.25) is 0 Å². The first-order valence-corrected chi connectivity index (χ1v) is 17.2. The van der Waals surface area contributed by atoms with Gasteiger partial charge in [0, 0.05) is 49.8 Å². The molecule has 0 spiro atoms. The van der Waals surface area contributed by atoms with Crippen molar-refractivity contribution in [2.45, 2.75) is 0 Å². The van der Waals surface area contributed by atoms with Crippen LogP contribution in [-0.2, 0) is 0 Å². The first-order chi connectivity index (χ1) is 28.2. The molecule has 3 aromatic heterocycles. The van der Waals surface area contributed by atoms with Gasteiger partial charge in [0.05, 0.1) is 28.9 Å². The average molecular weight is 692 g/mol. The maximum atomic E-state index is 15.5. The molecule has 250 valence electrons. The lowest BCUT2D eigenvalue weighted by Crippen LogP contribution is -1.95. The third-order valence-electron chi connectivity index (χ3n) is 10.3. The predicted octanol–water partition coefficient (Wildman–Crippen LogP) is 13.4. The van der Waals surface area contributed by atoms with Crippen LogP contribution in [0, 0.1) is 11.6 Å². The van der Waals surface area contributed by atoms with E-state index in [2.05, 4.69) is 34.9 Å². The lowest BCUT2D eigenvalue weighted by atomic mass is 9.99. The van der Waals surface area contributed by atoms with Gasteiger partial charge in [-0.1, -0.05) is 90.9 Å². The number of fused-ring (bicyclic) bond motifs is 9. The molecule has 0 aliphatic rings. The zero-order valence-corrected chi connectivity index (χ0v) is 27.8. The maximum absolute atomic E-state index is 15.5. The van der Waals surface area contributed by atoms with Crippen molar-refractivity contribution in [3.63, 3.8) is 0 Å². The van der Waals surface area contributed by atoms with Crippen molar-refractivity contribution in [2.75, 3.05) is 0 Å². The van der Waals surface area contributed by atoms with Crippen LogP contribution < -0.4 is 0 Å². The van der Waals surface area contributed by atoms with Gasteiger partial charge in [0.2, 0.25) is 0 Å². The van der Waals surface area contributed by atoms with E-state index in [1.807, 2.05) is 89.5 Å². The molecule has 3 heterocycles. The van der Waals surface area contributed by atoms with E-state index >= 15 is 4.39 Å². The van der Waals surface area contributed by atoms with Gasteiger partial charge in [-0.25, -0.2) is 8.78 Å². The first-order valence-electron chi connectivity index (χ1n) is 19.7. The second-order valence-electron chi connectivity index (χ2n) is 13.2. The first kappa shape index (κ1) is 25.1. The van der Waals surface area contributed by atoms with Crippen molar-refractivity contribution in [3.05, 3.63) is 181 Å². The smallest absolute Gasteiger partial charge is 0.150 e. The Balaban J connectivity index is 1.10. The van der Waals surface area contributed by atoms with Crippen molar-refractivity contribution >= 4 is 65.6 Å². The van der Waals surface area contributed by atoms with Crippen molar-refractivity contribution < 1.29 is 20.1 Å². The Labute approximate surface area is 309 Å². The van der Waals surface area contributed by atoms with Crippen LogP contribution in [0.25, 0.3) is 99.2 Å². The van der Waals surface area contributed by atoms with E-state index < -0.39 is 29.8 Å². The van der Waals surface area contributed by atoms with Gasteiger partial charge in [0.1, 0.15) is 17.0 Å². The van der Waals surface area contributed by atoms with Gasteiger partial charge >= 0.3 is 0 Å². The van der Waals surface area contributed by atoms with Crippen LogP contribution in [0.5, 0.6) is 0 Å². The predicted molar refractivity (Wildman–Crippen MR) is 213 cm³/mol. The SMILES string of the molecule is [2H]c1c([2H])c([2H])c(-c2cccc3oc4ccc(-n5c6ccccc6c6cc(-c7ccc8c(c7)c7cc(F)cc(F)c7n8-c7ccccc7)ccc65)cc4c23)c([2H])c1[2H]. The molecule has 0 fully saturated rings. The normalized spacial score (nSPS) is 13.3. The van der Waals surface area contributed by atoms with Gasteiger partial charge in [0.15, 0.2) is 5.82 Å². The van der Waals surface area contributed by atoms with Gasteiger partial charge in [-0.15, -0.1) is 0 Å². The van der Waals surface area contributed by atoms with E-state index in [-0.39, 0.29) is 17.6 Å². The molecule has 0 bridgehead atoms. The molecule has 11 rings (SSSR count). The molecule has 0 atom stereocenters. The molecule has 3 nitrogen and oxygen atoms in total. The van der Waals surface area contributed by atoms with Crippen molar-refractivity contribution in [1.82, 2.24) is 9.13 Å². The minimum Gasteiger partial charge on any atom is -0.456 e. The van der Waals surface area contributed by atoms with Crippen LogP contribution in [0.3, 0.4) is 0 Å². The fraction of sp³-hybridized carbons (Fsp3) is 0. The quantitative estimate of drug-likeness (QED) is 0.180. The average Bonchev–Trinajstić information content (AvgIpc) is 3.90. The molecule has 0 radical (unpaired) electrons. The van der Waals surface area contributed by atoms with E-state index in [1.165, 1.54) is 6.07 Å². The van der Waals surface area contributed by atoms with Crippen molar-refractivity contribution in [3.8, 4) is 33.6 Å². The van der Waals surface area contributed by atoms with Crippen molar-refractivity contribution in [2.24, 2.45) is 0 Å². The highest BCUT2D eigenvalue weighted by atomic mass is 19.1. The highest BCUT2D eigenvalue weighted by Gasteiger charge is 2.20. The topological polar surface area (TPSA) is 23.0 Å². The third-order valence-corrected chi connectivity index (χ3v) is 10.3. The Bertz CT molecular complexity index is 3520. The molecular formula is C48H28F2N2O.